The third-order valence-electron chi connectivity index (χ3n) is 6.21. The molecule has 2 aromatic carbocycles. The van der Waals surface area contributed by atoms with Crippen LogP contribution in [0.25, 0.3) is 11.1 Å². The first-order valence-corrected chi connectivity index (χ1v) is 10.2. The quantitative estimate of drug-likeness (QED) is 0.706. The molecule has 0 unspecified atom stereocenters. The number of rotatable bonds is 4. The molecule has 1 spiro atoms. The number of benzene rings is 2. The number of nitrogens with one attached hydrogen (secondary N) is 1. The van der Waals surface area contributed by atoms with Crippen molar-refractivity contribution < 1.29 is 13.9 Å². The molecular formula is C23H23FN4O2. The second kappa shape index (κ2) is 7.57. The fraction of sp³-hybridized carbons (Fsp3) is 0.304. The van der Waals surface area contributed by atoms with Gasteiger partial charge in [-0.25, -0.2) is 9.18 Å². The highest BCUT2D eigenvalue weighted by atomic mass is 19.1. The molecule has 1 aromatic heterocycles. The Morgan fingerprint density at radius 1 is 1.07 bits per heavy atom. The molecule has 5 rings (SSSR count). The fourth-order valence-corrected chi connectivity index (χ4v) is 4.45. The van der Waals surface area contributed by atoms with E-state index in [9.17, 15) is 9.18 Å². The van der Waals surface area contributed by atoms with Crippen molar-refractivity contribution in [1.82, 2.24) is 15.1 Å². The van der Waals surface area contributed by atoms with Crippen molar-refractivity contribution in [3.05, 3.63) is 72.3 Å². The minimum absolute atomic E-state index is 0.0868. The molecule has 154 valence electrons. The maximum atomic E-state index is 14.3. The predicted molar refractivity (Wildman–Crippen MR) is 111 cm³/mol. The van der Waals surface area contributed by atoms with Crippen molar-refractivity contribution in [3.63, 3.8) is 0 Å². The number of aromatic nitrogens is 2. The maximum Gasteiger partial charge on any atom is 0.325 e. The fourth-order valence-electron chi connectivity index (χ4n) is 4.45. The maximum absolute atomic E-state index is 14.3. The summed E-state index contributed by atoms with van der Waals surface area (Å²) in [6.07, 6.45) is 5.10. The lowest BCUT2D eigenvalue weighted by Gasteiger charge is -2.39. The summed E-state index contributed by atoms with van der Waals surface area (Å²) >= 11 is 0. The Morgan fingerprint density at radius 3 is 2.53 bits per heavy atom. The van der Waals surface area contributed by atoms with E-state index in [1.807, 2.05) is 46.3 Å². The molecule has 0 saturated carbocycles. The summed E-state index contributed by atoms with van der Waals surface area (Å²) in [5.74, 6) is -0.282. The summed E-state index contributed by atoms with van der Waals surface area (Å²) < 4.78 is 19.9. The highest BCUT2D eigenvalue weighted by Gasteiger charge is 2.50. The number of nitrogens with zero attached hydrogens (tertiary/aromatic N) is 3. The third kappa shape index (κ3) is 3.25. The summed E-state index contributed by atoms with van der Waals surface area (Å²) in [4.78, 5) is 17.1. The molecule has 2 aliphatic heterocycles. The van der Waals surface area contributed by atoms with Crippen molar-refractivity contribution >= 4 is 11.7 Å². The van der Waals surface area contributed by atoms with Crippen LogP contribution >= 0.6 is 0 Å². The van der Waals surface area contributed by atoms with Crippen LogP contribution in [0.1, 0.15) is 18.4 Å². The van der Waals surface area contributed by atoms with E-state index < -0.39 is 0 Å². The second-order valence-electron chi connectivity index (χ2n) is 7.92. The first-order chi connectivity index (χ1) is 14.7. The first kappa shape index (κ1) is 18.8. The Labute approximate surface area is 174 Å². The van der Waals surface area contributed by atoms with Gasteiger partial charge in [-0.2, -0.15) is 5.10 Å². The number of carbonyl (C=O) groups excluding carboxylic acids is 1. The van der Waals surface area contributed by atoms with Crippen molar-refractivity contribution in [2.45, 2.75) is 24.9 Å². The third-order valence-corrected chi connectivity index (χ3v) is 6.21. The predicted octanol–water partition coefficient (Wildman–Crippen LogP) is 4.21. The zero-order chi connectivity index (χ0) is 20.6. The average Bonchev–Trinajstić information content (AvgIpc) is 3.40. The SMILES string of the molecule is O=C1N(c2ccc(-c3cn[nH]c3)cc2)CC2(CCOCC2)N1Cc1ccccc1F. The number of amides is 2. The van der Waals surface area contributed by atoms with E-state index >= 15 is 0 Å². The smallest absolute Gasteiger partial charge is 0.325 e. The van der Waals surface area contributed by atoms with E-state index in [0.29, 0.717) is 25.3 Å². The summed E-state index contributed by atoms with van der Waals surface area (Å²) in [6, 6.07) is 14.5. The van der Waals surface area contributed by atoms with Crippen LogP contribution in [0.2, 0.25) is 0 Å². The molecule has 2 fully saturated rings. The number of hydrogen-bond donors (Lipinski definition) is 1. The summed E-state index contributed by atoms with van der Waals surface area (Å²) in [7, 11) is 0. The van der Waals surface area contributed by atoms with Crippen molar-refractivity contribution in [3.8, 4) is 11.1 Å². The highest BCUT2D eigenvalue weighted by molar-refractivity contribution is 5.95. The van der Waals surface area contributed by atoms with Gasteiger partial charge in [-0.3, -0.25) is 10.00 Å². The molecule has 0 bridgehead atoms. The Balaban J connectivity index is 1.45. The largest absolute Gasteiger partial charge is 0.381 e. The molecule has 6 nitrogen and oxygen atoms in total. The van der Waals surface area contributed by atoms with E-state index in [-0.39, 0.29) is 23.9 Å². The number of carbonyl (C=O) groups is 1. The van der Waals surface area contributed by atoms with Gasteiger partial charge >= 0.3 is 6.03 Å². The average molecular weight is 406 g/mol. The van der Waals surface area contributed by atoms with E-state index in [1.165, 1.54) is 6.07 Å². The Bertz CT molecular complexity index is 1030. The van der Waals surface area contributed by atoms with Gasteiger partial charge in [0.1, 0.15) is 5.82 Å². The Kier molecular flexibility index (Phi) is 4.75. The summed E-state index contributed by atoms with van der Waals surface area (Å²) in [5, 5.41) is 6.80. The van der Waals surface area contributed by atoms with Gasteiger partial charge < -0.3 is 9.64 Å². The van der Waals surface area contributed by atoms with Crippen LogP contribution in [0.5, 0.6) is 0 Å². The molecule has 0 radical (unpaired) electrons. The van der Waals surface area contributed by atoms with Gasteiger partial charge in [-0.1, -0.05) is 30.3 Å². The van der Waals surface area contributed by atoms with Gasteiger partial charge in [-0.15, -0.1) is 0 Å². The van der Waals surface area contributed by atoms with Crippen LogP contribution in [-0.4, -0.2) is 46.4 Å². The second-order valence-corrected chi connectivity index (χ2v) is 7.92. The lowest BCUT2D eigenvalue weighted by Crippen LogP contribution is -2.50. The van der Waals surface area contributed by atoms with Gasteiger partial charge in [-0.05, 0) is 36.6 Å². The number of halogens is 1. The van der Waals surface area contributed by atoms with Gasteiger partial charge in [0.15, 0.2) is 0 Å². The van der Waals surface area contributed by atoms with E-state index in [4.69, 9.17) is 4.74 Å². The number of urea groups is 1. The standard InChI is InChI=1S/C23H23FN4O2/c24-21-4-2-1-3-18(21)15-28-22(29)27(16-23(28)9-11-30-12-10-23)20-7-5-17(6-8-20)19-13-25-26-14-19/h1-8,13-14H,9-12,15-16H2,(H,25,26). The summed E-state index contributed by atoms with van der Waals surface area (Å²) in [5.41, 5.74) is 3.06. The molecule has 30 heavy (non-hydrogen) atoms. The number of hydrogen-bond acceptors (Lipinski definition) is 3. The van der Waals surface area contributed by atoms with Crippen molar-refractivity contribution in [2.24, 2.45) is 0 Å². The van der Waals surface area contributed by atoms with E-state index in [0.717, 1.165) is 29.7 Å². The van der Waals surface area contributed by atoms with Crippen LogP contribution in [0.4, 0.5) is 14.9 Å². The number of H-pyrrole nitrogens is 1. The Morgan fingerprint density at radius 2 is 1.83 bits per heavy atom. The minimum Gasteiger partial charge on any atom is -0.381 e. The monoisotopic (exact) mass is 406 g/mol. The van der Waals surface area contributed by atoms with Gasteiger partial charge in [0.05, 0.1) is 24.8 Å². The molecule has 3 aromatic rings. The molecule has 0 aliphatic carbocycles. The van der Waals surface area contributed by atoms with E-state index in [2.05, 4.69) is 10.2 Å². The van der Waals surface area contributed by atoms with Crippen LogP contribution in [-0.2, 0) is 11.3 Å². The lowest BCUT2D eigenvalue weighted by atomic mass is 9.89. The van der Waals surface area contributed by atoms with Gasteiger partial charge in [0, 0.05) is 36.2 Å². The zero-order valence-electron chi connectivity index (χ0n) is 16.6. The molecular weight excluding hydrogens is 383 g/mol. The van der Waals surface area contributed by atoms with Crippen LogP contribution in [0, 0.1) is 5.82 Å². The lowest BCUT2D eigenvalue weighted by molar-refractivity contribution is 0.00585. The van der Waals surface area contributed by atoms with Gasteiger partial charge in [0.25, 0.3) is 0 Å². The van der Waals surface area contributed by atoms with Crippen molar-refractivity contribution in [1.29, 1.82) is 0 Å². The van der Waals surface area contributed by atoms with Crippen LogP contribution < -0.4 is 4.90 Å². The van der Waals surface area contributed by atoms with Crippen molar-refractivity contribution in [2.75, 3.05) is 24.7 Å². The molecule has 2 saturated heterocycles. The normalized spacial score (nSPS) is 18.4. The zero-order valence-corrected chi connectivity index (χ0v) is 16.6. The first-order valence-electron chi connectivity index (χ1n) is 10.2. The number of ether oxygens (including phenoxy) is 1. The number of anilines is 1. The van der Waals surface area contributed by atoms with Crippen LogP contribution in [0.3, 0.4) is 0 Å². The van der Waals surface area contributed by atoms with Crippen LogP contribution in [0.15, 0.2) is 60.9 Å². The molecule has 3 heterocycles. The molecule has 2 amide bonds. The summed E-state index contributed by atoms with van der Waals surface area (Å²) in [6.45, 7) is 2.05. The van der Waals surface area contributed by atoms with Gasteiger partial charge in [0.2, 0.25) is 0 Å². The molecule has 7 heteroatoms. The molecule has 1 N–H and O–H groups in total. The Hall–Kier alpha value is -3.19. The minimum atomic E-state index is -0.346. The highest BCUT2D eigenvalue weighted by Crippen LogP contribution is 2.39. The molecule has 2 aliphatic rings. The molecule has 0 atom stereocenters. The topological polar surface area (TPSA) is 61.5 Å². The van der Waals surface area contributed by atoms with E-state index in [1.54, 1.807) is 18.3 Å². The number of aromatic amines is 1.